The van der Waals surface area contributed by atoms with E-state index in [1.807, 2.05) is 12.1 Å². The quantitative estimate of drug-likeness (QED) is 0.501. The minimum atomic E-state index is -0.897. The summed E-state index contributed by atoms with van der Waals surface area (Å²) in [6.45, 7) is 0. The number of pyridine rings is 1. The van der Waals surface area contributed by atoms with Gasteiger partial charge in [-0.1, -0.05) is 37.5 Å². The van der Waals surface area contributed by atoms with Crippen LogP contribution in [-0.4, -0.2) is 37.1 Å². The summed E-state index contributed by atoms with van der Waals surface area (Å²) in [5.74, 6) is 0.747. The molecule has 182 valence electrons. The molecule has 1 atom stereocenters. The van der Waals surface area contributed by atoms with E-state index in [0.717, 1.165) is 25.7 Å². The largest absolute Gasteiger partial charge is 0.497 e. The van der Waals surface area contributed by atoms with Gasteiger partial charge in [0, 0.05) is 17.9 Å². The molecule has 0 spiro atoms. The molecule has 7 nitrogen and oxygen atoms in total. The Bertz CT molecular complexity index is 1110. The zero-order chi connectivity index (χ0) is 24.6. The van der Waals surface area contributed by atoms with E-state index in [4.69, 9.17) is 9.47 Å². The predicted octanol–water partition coefficient (Wildman–Crippen LogP) is 4.94. The van der Waals surface area contributed by atoms with E-state index in [1.54, 1.807) is 75.0 Å². The molecule has 0 unspecified atom stereocenters. The van der Waals surface area contributed by atoms with E-state index in [1.165, 1.54) is 11.3 Å². The number of benzene rings is 2. The molecule has 0 radical (unpaired) electrons. The summed E-state index contributed by atoms with van der Waals surface area (Å²) < 4.78 is 10.6. The lowest BCUT2D eigenvalue weighted by Gasteiger charge is -2.33. The molecule has 0 bridgehead atoms. The maximum absolute atomic E-state index is 13.9. The Morgan fingerprint density at radius 2 is 1.51 bits per heavy atom. The van der Waals surface area contributed by atoms with Crippen molar-refractivity contribution in [3.8, 4) is 11.5 Å². The molecule has 1 aliphatic carbocycles. The first-order chi connectivity index (χ1) is 17.1. The van der Waals surface area contributed by atoms with Gasteiger partial charge in [0.1, 0.15) is 23.2 Å². The van der Waals surface area contributed by atoms with E-state index in [9.17, 15) is 9.59 Å². The lowest BCUT2D eigenvalue weighted by molar-refractivity contribution is -0.123. The Balaban J connectivity index is 1.79. The fraction of sp³-hybridized carbons (Fsp3) is 0.321. The molecule has 35 heavy (non-hydrogen) atoms. The van der Waals surface area contributed by atoms with Crippen molar-refractivity contribution in [1.82, 2.24) is 10.3 Å². The average molecular weight is 474 g/mol. The number of nitrogens with one attached hydrogen (secondary N) is 1. The van der Waals surface area contributed by atoms with Crippen molar-refractivity contribution in [2.24, 2.45) is 0 Å². The van der Waals surface area contributed by atoms with E-state index in [2.05, 4.69) is 10.3 Å². The summed E-state index contributed by atoms with van der Waals surface area (Å²) in [4.78, 5) is 33.5. The number of carbonyl (C=O) groups is 2. The summed E-state index contributed by atoms with van der Waals surface area (Å²) in [5.41, 5.74) is 1.51. The third kappa shape index (κ3) is 5.80. The van der Waals surface area contributed by atoms with Gasteiger partial charge in [-0.25, -0.2) is 0 Å². The van der Waals surface area contributed by atoms with Crippen LogP contribution >= 0.6 is 0 Å². The van der Waals surface area contributed by atoms with Crippen LogP contribution in [0.15, 0.2) is 72.9 Å². The number of hydrogen-bond acceptors (Lipinski definition) is 5. The van der Waals surface area contributed by atoms with E-state index in [0.29, 0.717) is 22.7 Å². The van der Waals surface area contributed by atoms with Gasteiger partial charge in [-0.3, -0.25) is 19.5 Å². The molecule has 7 heteroatoms. The smallest absolute Gasteiger partial charge is 0.277 e. The van der Waals surface area contributed by atoms with Crippen LogP contribution in [0.5, 0.6) is 11.5 Å². The summed E-state index contributed by atoms with van der Waals surface area (Å²) in [5, 5.41) is 3.22. The van der Waals surface area contributed by atoms with E-state index < -0.39 is 6.04 Å². The molecule has 1 fully saturated rings. The average Bonchev–Trinajstić information content (AvgIpc) is 2.92. The van der Waals surface area contributed by atoms with Gasteiger partial charge in [-0.2, -0.15) is 0 Å². The standard InChI is InChI=1S/C28H31N3O4/c1-34-23-15-11-20(12-16-23)26(27(32)30-21-8-4-3-5-9-21)31(22-13-17-24(35-2)18-14-22)28(33)25-10-6-7-19-29-25/h6-7,10-19,21,26H,3-5,8-9H2,1-2H3,(H,30,32)/t26-/m1/s1. The number of rotatable bonds is 8. The maximum Gasteiger partial charge on any atom is 0.277 e. The normalized spacial score (nSPS) is 14.6. The van der Waals surface area contributed by atoms with Gasteiger partial charge in [0.15, 0.2) is 0 Å². The van der Waals surface area contributed by atoms with Gasteiger partial charge in [-0.05, 0) is 66.9 Å². The van der Waals surface area contributed by atoms with Crippen molar-refractivity contribution in [2.75, 3.05) is 19.1 Å². The molecule has 1 aliphatic rings. The Hall–Kier alpha value is -3.87. The molecule has 0 saturated heterocycles. The highest BCUT2D eigenvalue weighted by Crippen LogP contribution is 2.32. The minimum Gasteiger partial charge on any atom is -0.497 e. The van der Waals surface area contributed by atoms with Crippen molar-refractivity contribution in [3.05, 3.63) is 84.2 Å². The minimum absolute atomic E-state index is 0.0969. The lowest BCUT2D eigenvalue weighted by Crippen LogP contribution is -2.47. The fourth-order valence-electron chi connectivity index (χ4n) is 4.47. The molecule has 1 aromatic heterocycles. The highest BCUT2D eigenvalue weighted by Gasteiger charge is 2.35. The third-order valence-corrected chi connectivity index (χ3v) is 6.34. The van der Waals surface area contributed by atoms with Gasteiger partial charge < -0.3 is 14.8 Å². The summed E-state index contributed by atoms with van der Waals surface area (Å²) in [7, 11) is 3.18. The van der Waals surface area contributed by atoms with E-state index in [-0.39, 0.29) is 23.6 Å². The highest BCUT2D eigenvalue weighted by atomic mass is 16.5. The van der Waals surface area contributed by atoms with Gasteiger partial charge >= 0.3 is 0 Å². The summed E-state index contributed by atoms with van der Waals surface area (Å²) >= 11 is 0. The van der Waals surface area contributed by atoms with Crippen LogP contribution < -0.4 is 19.7 Å². The van der Waals surface area contributed by atoms with Crippen molar-refractivity contribution in [1.29, 1.82) is 0 Å². The maximum atomic E-state index is 13.9. The molecule has 4 rings (SSSR count). The molecular formula is C28H31N3O4. The lowest BCUT2D eigenvalue weighted by atomic mass is 9.94. The number of ether oxygens (including phenoxy) is 2. The first kappa shape index (κ1) is 24.3. The molecule has 2 amide bonds. The highest BCUT2D eigenvalue weighted by molar-refractivity contribution is 6.09. The van der Waals surface area contributed by atoms with Crippen LogP contribution in [0.25, 0.3) is 0 Å². The molecule has 2 aromatic carbocycles. The number of amides is 2. The number of methoxy groups -OCH3 is 2. The number of aromatic nitrogens is 1. The zero-order valence-electron chi connectivity index (χ0n) is 20.1. The van der Waals surface area contributed by atoms with Crippen LogP contribution in [0.4, 0.5) is 5.69 Å². The molecule has 3 aromatic rings. The monoisotopic (exact) mass is 473 g/mol. The second kappa shape index (κ2) is 11.5. The third-order valence-electron chi connectivity index (χ3n) is 6.34. The fourth-order valence-corrected chi connectivity index (χ4v) is 4.47. The van der Waals surface area contributed by atoms with Crippen LogP contribution in [0.2, 0.25) is 0 Å². The number of hydrogen-bond donors (Lipinski definition) is 1. The number of carbonyl (C=O) groups excluding carboxylic acids is 2. The molecule has 1 saturated carbocycles. The van der Waals surface area contributed by atoms with Gasteiger partial charge in [0.2, 0.25) is 5.91 Å². The number of nitrogens with zero attached hydrogens (tertiary/aromatic N) is 2. The molecular weight excluding hydrogens is 442 g/mol. The summed E-state index contributed by atoms with van der Waals surface area (Å²) in [6, 6.07) is 18.7. The Kier molecular flexibility index (Phi) is 7.98. The Morgan fingerprint density at radius 1 is 0.886 bits per heavy atom. The first-order valence-electron chi connectivity index (χ1n) is 11.9. The molecule has 0 aliphatic heterocycles. The van der Waals surface area contributed by atoms with Crippen LogP contribution in [0.3, 0.4) is 0 Å². The van der Waals surface area contributed by atoms with Crippen molar-refractivity contribution < 1.29 is 19.1 Å². The van der Waals surface area contributed by atoms with Crippen LogP contribution in [-0.2, 0) is 4.79 Å². The Labute approximate surface area is 206 Å². The zero-order valence-corrected chi connectivity index (χ0v) is 20.1. The van der Waals surface area contributed by atoms with Crippen molar-refractivity contribution in [2.45, 2.75) is 44.2 Å². The van der Waals surface area contributed by atoms with Crippen molar-refractivity contribution >= 4 is 17.5 Å². The first-order valence-corrected chi connectivity index (χ1v) is 11.9. The topological polar surface area (TPSA) is 80.8 Å². The van der Waals surface area contributed by atoms with Gasteiger partial charge in [0.05, 0.1) is 14.2 Å². The van der Waals surface area contributed by atoms with Crippen LogP contribution in [0.1, 0.15) is 54.2 Å². The van der Waals surface area contributed by atoms with Gasteiger partial charge in [-0.15, -0.1) is 0 Å². The van der Waals surface area contributed by atoms with Crippen molar-refractivity contribution in [3.63, 3.8) is 0 Å². The summed E-state index contributed by atoms with van der Waals surface area (Å²) in [6.07, 6.45) is 6.82. The SMILES string of the molecule is COc1ccc([C@H](C(=O)NC2CCCCC2)N(C(=O)c2ccccn2)c2ccc(OC)cc2)cc1. The Morgan fingerprint density at radius 3 is 2.09 bits per heavy atom. The van der Waals surface area contributed by atoms with Crippen LogP contribution in [0, 0.1) is 0 Å². The van der Waals surface area contributed by atoms with Gasteiger partial charge in [0.25, 0.3) is 5.91 Å². The molecule has 1 heterocycles. The predicted molar refractivity (Wildman–Crippen MR) is 135 cm³/mol. The number of anilines is 1. The second-order valence-electron chi connectivity index (χ2n) is 8.61. The van der Waals surface area contributed by atoms with E-state index >= 15 is 0 Å². The second-order valence-corrected chi connectivity index (χ2v) is 8.61. The molecule has 1 N–H and O–H groups in total.